The van der Waals surface area contributed by atoms with Crippen molar-refractivity contribution in [3.63, 3.8) is 0 Å². The molecule has 0 N–H and O–H groups in total. The third-order valence-electron chi connectivity index (χ3n) is 4.73. The van der Waals surface area contributed by atoms with Crippen LogP contribution in [0.15, 0.2) is 48.1 Å². The van der Waals surface area contributed by atoms with E-state index in [0.29, 0.717) is 37.3 Å². The summed E-state index contributed by atoms with van der Waals surface area (Å²) in [5.41, 5.74) is 1.18. The van der Waals surface area contributed by atoms with Crippen LogP contribution in [-0.2, 0) is 17.1 Å². The lowest BCUT2D eigenvalue weighted by molar-refractivity contribution is 0.0764. The summed E-state index contributed by atoms with van der Waals surface area (Å²) in [4.78, 5) is 18.6. The molecular weight excluding hydrogens is 396 g/mol. The van der Waals surface area contributed by atoms with Gasteiger partial charge in [0, 0.05) is 45.0 Å². The lowest BCUT2D eigenvalue weighted by Gasteiger charge is -2.21. The van der Waals surface area contributed by atoms with Gasteiger partial charge in [-0.1, -0.05) is 6.07 Å². The maximum atomic E-state index is 13.0. The summed E-state index contributed by atoms with van der Waals surface area (Å²) >= 11 is 0. The number of sulfonamides is 1. The maximum absolute atomic E-state index is 13.0. The summed E-state index contributed by atoms with van der Waals surface area (Å²) in [6.45, 7) is 1.34. The molecule has 0 atom stereocenters. The second-order valence-corrected chi connectivity index (χ2v) is 8.62. The number of hydrogen-bond acceptors (Lipinski definition) is 7. The van der Waals surface area contributed by atoms with Gasteiger partial charge in [0.15, 0.2) is 5.03 Å². The number of benzene rings is 1. The van der Waals surface area contributed by atoms with Crippen molar-refractivity contribution in [3.8, 4) is 5.69 Å². The fourth-order valence-corrected chi connectivity index (χ4v) is 4.67. The van der Waals surface area contributed by atoms with Crippen LogP contribution in [0.2, 0.25) is 0 Å². The zero-order chi connectivity index (χ0) is 20.4. The first-order chi connectivity index (χ1) is 13.9. The van der Waals surface area contributed by atoms with Crippen LogP contribution in [0.1, 0.15) is 16.8 Å². The van der Waals surface area contributed by atoms with Crippen molar-refractivity contribution in [3.05, 3.63) is 48.7 Å². The van der Waals surface area contributed by atoms with Gasteiger partial charge in [-0.2, -0.15) is 4.31 Å². The molecule has 0 bridgehead atoms. The molecule has 1 aromatic carbocycles. The Morgan fingerprint density at radius 3 is 2.69 bits per heavy atom. The van der Waals surface area contributed by atoms with Gasteiger partial charge in [0.25, 0.3) is 15.9 Å². The molecule has 4 rings (SSSR count). The van der Waals surface area contributed by atoms with Gasteiger partial charge in [0.05, 0.1) is 12.0 Å². The van der Waals surface area contributed by atoms with Crippen LogP contribution in [0.5, 0.6) is 0 Å². The molecule has 152 valence electrons. The van der Waals surface area contributed by atoms with Gasteiger partial charge >= 0.3 is 0 Å². The van der Waals surface area contributed by atoms with Crippen molar-refractivity contribution in [2.24, 2.45) is 7.05 Å². The zero-order valence-electron chi connectivity index (χ0n) is 15.8. The minimum atomic E-state index is -3.68. The van der Waals surface area contributed by atoms with E-state index in [1.807, 2.05) is 0 Å². The van der Waals surface area contributed by atoms with Crippen LogP contribution in [0, 0.1) is 0 Å². The highest BCUT2D eigenvalue weighted by molar-refractivity contribution is 7.89. The molecule has 1 aliphatic heterocycles. The van der Waals surface area contributed by atoms with Gasteiger partial charge in [-0.05, 0) is 35.0 Å². The second kappa shape index (κ2) is 7.72. The van der Waals surface area contributed by atoms with E-state index in [0.717, 1.165) is 0 Å². The molecule has 1 amide bonds. The number of hydrogen-bond donors (Lipinski definition) is 0. The molecule has 0 radical (unpaired) electrons. The highest BCUT2D eigenvalue weighted by Gasteiger charge is 2.30. The van der Waals surface area contributed by atoms with Crippen molar-refractivity contribution in [1.82, 2.24) is 39.0 Å². The minimum absolute atomic E-state index is 0.0221. The van der Waals surface area contributed by atoms with Gasteiger partial charge < -0.3 is 9.47 Å². The van der Waals surface area contributed by atoms with Gasteiger partial charge in [0.2, 0.25) is 0 Å². The Labute approximate surface area is 167 Å². The molecule has 1 saturated heterocycles. The van der Waals surface area contributed by atoms with Crippen LogP contribution < -0.4 is 0 Å². The molecule has 2 aromatic heterocycles. The van der Waals surface area contributed by atoms with Gasteiger partial charge in [0.1, 0.15) is 6.33 Å². The molecule has 0 spiro atoms. The first kappa shape index (κ1) is 19.2. The lowest BCUT2D eigenvalue weighted by atomic mass is 10.1. The zero-order valence-corrected chi connectivity index (χ0v) is 16.6. The Morgan fingerprint density at radius 2 is 1.97 bits per heavy atom. The number of nitrogens with zero attached hydrogens (tertiary/aromatic N) is 8. The van der Waals surface area contributed by atoms with Crippen LogP contribution in [-0.4, -0.2) is 79.5 Å². The van der Waals surface area contributed by atoms with E-state index < -0.39 is 10.0 Å². The third kappa shape index (κ3) is 3.89. The third-order valence-corrected chi connectivity index (χ3v) is 6.52. The number of carbonyl (C=O) groups excluding carboxylic acids is 1. The van der Waals surface area contributed by atoms with Crippen molar-refractivity contribution in [2.45, 2.75) is 11.4 Å². The average Bonchev–Trinajstić information content (AvgIpc) is 3.34. The van der Waals surface area contributed by atoms with Gasteiger partial charge in [-0.25, -0.2) is 18.1 Å². The Hall–Kier alpha value is -3.12. The molecule has 0 saturated carbocycles. The van der Waals surface area contributed by atoms with Crippen molar-refractivity contribution < 1.29 is 13.2 Å². The minimum Gasteiger partial charge on any atom is -0.339 e. The molecule has 1 fully saturated rings. The summed E-state index contributed by atoms with van der Waals surface area (Å²) < 4.78 is 30.1. The normalized spacial score (nSPS) is 16.0. The van der Waals surface area contributed by atoms with Crippen molar-refractivity contribution in [1.29, 1.82) is 0 Å². The lowest BCUT2D eigenvalue weighted by Crippen LogP contribution is -2.37. The highest BCUT2D eigenvalue weighted by atomic mass is 32.2. The molecule has 3 aromatic rings. The number of carbonyl (C=O) groups is 1. The Morgan fingerprint density at radius 1 is 1.10 bits per heavy atom. The summed E-state index contributed by atoms with van der Waals surface area (Å²) in [7, 11) is -1.96. The average molecular weight is 416 g/mol. The summed E-state index contributed by atoms with van der Waals surface area (Å²) in [5.74, 6) is -0.156. The predicted octanol–water partition coefficient (Wildman–Crippen LogP) is -0.0674. The summed E-state index contributed by atoms with van der Waals surface area (Å²) in [5, 5.41) is 11.1. The molecule has 0 aliphatic carbocycles. The summed E-state index contributed by atoms with van der Waals surface area (Å²) in [6.07, 6.45) is 4.94. The van der Waals surface area contributed by atoms with E-state index >= 15 is 0 Å². The number of aromatic nitrogens is 6. The van der Waals surface area contributed by atoms with E-state index in [1.54, 1.807) is 40.8 Å². The van der Waals surface area contributed by atoms with Crippen molar-refractivity contribution >= 4 is 15.9 Å². The monoisotopic (exact) mass is 416 g/mol. The first-order valence-corrected chi connectivity index (χ1v) is 10.5. The first-order valence-electron chi connectivity index (χ1n) is 9.06. The van der Waals surface area contributed by atoms with E-state index in [-0.39, 0.29) is 17.5 Å². The summed E-state index contributed by atoms with van der Waals surface area (Å²) in [6, 6.07) is 7.01. The maximum Gasteiger partial charge on any atom is 0.262 e. The smallest absolute Gasteiger partial charge is 0.262 e. The van der Waals surface area contributed by atoms with Crippen LogP contribution in [0.25, 0.3) is 5.69 Å². The quantitative estimate of drug-likeness (QED) is 0.584. The molecule has 11 nitrogen and oxygen atoms in total. The Balaban J connectivity index is 1.49. The largest absolute Gasteiger partial charge is 0.339 e. The second-order valence-electron chi connectivity index (χ2n) is 6.73. The highest BCUT2D eigenvalue weighted by Crippen LogP contribution is 2.18. The number of rotatable bonds is 4. The topological polar surface area (TPSA) is 119 Å². The van der Waals surface area contributed by atoms with Gasteiger partial charge in [-0.15, -0.1) is 5.10 Å². The molecule has 12 heteroatoms. The number of aryl methyl sites for hydroxylation is 1. The fourth-order valence-electron chi connectivity index (χ4n) is 3.24. The molecule has 0 unspecified atom stereocenters. The number of amides is 1. The van der Waals surface area contributed by atoms with Crippen LogP contribution >= 0.6 is 0 Å². The van der Waals surface area contributed by atoms with E-state index in [4.69, 9.17) is 0 Å². The molecular formula is C17H20N8O3S. The standard InChI is InChI=1S/C17H20N8O3S/c1-22-11-16(18-12-22)29(27,28)24-7-3-6-23(8-9-24)17(26)14-4-2-5-15(10-14)25-13-19-20-21-25/h2,4-5,10-13H,3,6-9H2,1H3. The van der Waals surface area contributed by atoms with Crippen LogP contribution in [0.3, 0.4) is 0 Å². The molecule has 1 aliphatic rings. The molecule has 29 heavy (non-hydrogen) atoms. The number of tetrazole rings is 1. The van der Waals surface area contributed by atoms with Gasteiger partial charge in [-0.3, -0.25) is 4.79 Å². The Bertz CT molecular complexity index is 1110. The fraction of sp³-hybridized carbons (Fsp3) is 0.353. The number of imidazole rings is 1. The van der Waals surface area contributed by atoms with E-state index in [2.05, 4.69) is 20.5 Å². The van der Waals surface area contributed by atoms with E-state index in [1.165, 1.54) is 27.8 Å². The predicted molar refractivity (Wildman–Crippen MR) is 102 cm³/mol. The molecule has 3 heterocycles. The van der Waals surface area contributed by atoms with Crippen molar-refractivity contribution in [2.75, 3.05) is 26.2 Å². The Kier molecular flexibility index (Phi) is 5.11. The van der Waals surface area contributed by atoms with Crippen LogP contribution in [0.4, 0.5) is 0 Å². The SMILES string of the molecule is Cn1cnc(S(=O)(=O)N2CCCN(C(=O)c3cccc(-n4cnnn4)c3)CC2)c1. The van der Waals surface area contributed by atoms with E-state index in [9.17, 15) is 13.2 Å².